The molecule has 0 saturated carbocycles. The fourth-order valence-electron chi connectivity index (χ4n) is 0. The Labute approximate surface area is 67.6 Å². The Hall–Kier alpha value is 1.62. The first kappa shape index (κ1) is 79.7. The molecule has 0 aromatic carbocycles. The van der Waals surface area contributed by atoms with Gasteiger partial charge in [0.15, 0.2) is 0 Å². The molecule has 0 unspecified atom stereocenters. The number of hydrogen-bond donors (Lipinski definition) is 0. The molecule has 24 valence electrons. The molecule has 0 heterocycles. The van der Waals surface area contributed by atoms with Gasteiger partial charge in [0.25, 0.3) is 0 Å². The van der Waals surface area contributed by atoms with Crippen molar-refractivity contribution in [3.8, 4) is 0 Å². The maximum Gasteiger partial charge on any atom is 3.00 e. The molecule has 0 aromatic rings. The average Bonchev–Trinajstić information content (AvgIpc) is 0. The topological polar surface area (TPSA) is 85.5 Å². The van der Waals surface area contributed by atoms with Gasteiger partial charge in [-0.3, -0.25) is 0 Å². The molecule has 0 rings (SSSR count). The van der Waals surface area contributed by atoms with Gasteiger partial charge in [-0.15, -0.1) is 0 Å². The minimum Gasteiger partial charge on any atom is -2.00 e. The third kappa shape index (κ3) is 28.1. The summed E-state index contributed by atoms with van der Waals surface area (Å²) in [5.74, 6) is 0. The fraction of sp³-hybridized carbons (Fsp3) is 0. The summed E-state index contributed by atoms with van der Waals surface area (Å²) in [6, 6.07) is 0. The Kier molecular flexibility index (Phi) is 728. The van der Waals surface area contributed by atoms with Crippen LogP contribution in [0.2, 0.25) is 0 Å². The second-order valence-electron chi connectivity index (χ2n) is 0. The second kappa shape index (κ2) is 45.7. The molecule has 0 aliphatic heterocycles. The Balaban J connectivity index is 0. The van der Waals surface area contributed by atoms with E-state index in [1.54, 1.807) is 0 Å². The second-order valence-corrected chi connectivity index (χ2v) is 0. The van der Waals surface area contributed by atoms with Gasteiger partial charge in [0.05, 0.1) is 0 Å². The van der Waals surface area contributed by atoms with Crippen molar-refractivity contribution in [2.75, 3.05) is 0 Å². The minimum atomic E-state index is 0. The van der Waals surface area contributed by atoms with Crippen LogP contribution >= 0.6 is 0 Å². The van der Waals surface area contributed by atoms with Crippen molar-refractivity contribution in [2.45, 2.75) is 0 Å². The van der Waals surface area contributed by atoms with E-state index in [2.05, 4.69) is 0 Å². The molecule has 0 atom stereocenters. The Morgan fingerprint density at radius 1 is 0.600 bits per heavy atom. The molecule has 0 N–H and O–H groups in total. The van der Waals surface area contributed by atoms with Crippen LogP contribution in [0.4, 0.5) is 0 Å². The van der Waals surface area contributed by atoms with Gasteiger partial charge in [0.2, 0.25) is 0 Å². The first-order valence-electron chi connectivity index (χ1n) is 0. The van der Waals surface area contributed by atoms with Crippen LogP contribution in [0.25, 0.3) is 0 Å². The molecule has 5 heavy (non-hydrogen) atoms. The first-order chi connectivity index (χ1) is 0. The van der Waals surface area contributed by atoms with E-state index < -0.39 is 0 Å². The van der Waals surface area contributed by atoms with E-state index in [9.17, 15) is 0 Å². The zero-order valence-corrected chi connectivity index (χ0v) is 7.48. The molecule has 0 amide bonds. The molecule has 0 saturated heterocycles. The summed E-state index contributed by atoms with van der Waals surface area (Å²) in [5, 5.41) is 0. The van der Waals surface area contributed by atoms with Crippen LogP contribution in [-0.2, 0) is 42.3 Å². The molecular formula is InO3Sc. The van der Waals surface area contributed by atoms with Gasteiger partial charge in [0.1, 0.15) is 0 Å². The van der Waals surface area contributed by atoms with Crippen molar-refractivity contribution in [3.63, 3.8) is 0 Å². The van der Waals surface area contributed by atoms with E-state index in [4.69, 9.17) is 0 Å². The molecule has 0 aliphatic rings. The van der Waals surface area contributed by atoms with Crippen molar-refractivity contribution >= 4 is 25.8 Å². The summed E-state index contributed by atoms with van der Waals surface area (Å²) in [6.07, 6.45) is 0. The number of hydrogen-bond acceptors (Lipinski definition) is 0. The molecule has 3 nitrogen and oxygen atoms in total. The van der Waals surface area contributed by atoms with E-state index in [0.717, 1.165) is 0 Å². The van der Waals surface area contributed by atoms with Crippen molar-refractivity contribution in [3.05, 3.63) is 0 Å². The van der Waals surface area contributed by atoms with Gasteiger partial charge in [-0.1, -0.05) is 0 Å². The fourth-order valence-corrected chi connectivity index (χ4v) is 0. The van der Waals surface area contributed by atoms with E-state index in [1.807, 2.05) is 0 Å². The average molecular weight is 208 g/mol. The Morgan fingerprint density at radius 2 is 0.600 bits per heavy atom. The summed E-state index contributed by atoms with van der Waals surface area (Å²) in [4.78, 5) is 0. The van der Waals surface area contributed by atoms with Crippen LogP contribution < -0.4 is 0 Å². The van der Waals surface area contributed by atoms with Gasteiger partial charge in [0, 0.05) is 0 Å². The van der Waals surface area contributed by atoms with Crippen molar-refractivity contribution in [1.29, 1.82) is 0 Å². The van der Waals surface area contributed by atoms with E-state index in [-0.39, 0.29) is 68.1 Å². The SMILES string of the molecule is [In+3].[O-2].[O-2].[O-2].[Sc+3]. The van der Waals surface area contributed by atoms with E-state index in [1.165, 1.54) is 0 Å². The summed E-state index contributed by atoms with van der Waals surface area (Å²) >= 11 is 0. The minimum absolute atomic E-state index is 0. The molecule has 0 aromatic heterocycles. The summed E-state index contributed by atoms with van der Waals surface area (Å²) in [7, 11) is 0. The van der Waals surface area contributed by atoms with Gasteiger partial charge in [-0.2, -0.15) is 0 Å². The third-order valence-corrected chi connectivity index (χ3v) is 0. The van der Waals surface area contributed by atoms with Crippen LogP contribution in [0.15, 0.2) is 0 Å². The molecule has 5 heteroatoms. The molecular weight excluding hydrogens is 208 g/mol. The predicted octanol–water partition coefficient (Wildman–Crippen LogP) is -0.740. The van der Waals surface area contributed by atoms with Crippen molar-refractivity contribution in [1.82, 2.24) is 0 Å². The quantitative estimate of drug-likeness (QED) is 0.501. The smallest absolute Gasteiger partial charge is 2.00 e. The largest absolute Gasteiger partial charge is 3.00 e. The van der Waals surface area contributed by atoms with Gasteiger partial charge in [-0.25, -0.2) is 0 Å². The van der Waals surface area contributed by atoms with Gasteiger partial charge in [-0.05, 0) is 0 Å². The summed E-state index contributed by atoms with van der Waals surface area (Å²) in [6.45, 7) is 0. The standard InChI is InChI=1S/In.3O.Sc/q+3;3*-2;+3. The monoisotopic (exact) mass is 208 g/mol. The Morgan fingerprint density at radius 3 is 0.600 bits per heavy atom. The maximum absolute atomic E-state index is 0. The third-order valence-electron chi connectivity index (χ3n) is 0. The van der Waals surface area contributed by atoms with Crippen LogP contribution in [0.3, 0.4) is 0 Å². The molecule has 0 radical (unpaired) electrons. The van der Waals surface area contributed by atoms with E-state index >= 15 is 0 Å². The van der Waals surface area contributed by atoms with Gasteiger partial charge < -0.3 is 16.4 Å². The molecule has 0 bridgehead atoms. The van der Waals surface area contributed by atoms with Crippen LogP contribution in [0.5, 0.6) is 0 Å². The number of rotatable bonds is 0. The van der Waals surface area contributed by atoms with Crippen LogP contribution in [0, 0.1) is 0 Å². The zero-order chi connectivity index (χ0) is 0. The summed E-state index contributed by atoms with van der Waals surface area (Å²) in [5.41, 5.74) is 0. The first-order valence-corrected chi connectivity index (χ1v) is 0. The van der Waals surface area contributed by atoms with Crippen molar-refractivity contribution < 1.29 is 42.3 Å². The zero-order valence-electron chi connectivity index (χ0n) is 2.38. The van der Waals surface area contributed by atoms with Crippen molar-refractivity contribution in [2.24, 2.45) is 0 Å². The van der Waals surface area contributed by atoms with E-state index in [0.29, 0.717) is 0 Å². The predicted molar refractivity (Wildman–Crippen MR) is 7.81 cm³/mol. The normalized spacial score (nSPS) is 0. The van der Waals surface area contributed by atoms with Crippen LogP contribution in [0.1, 0.15) is 0 Å². The molecule has 0 aliphatic carbocycles. The maximum atomic E-state index is 0. The summed E-state index contributed by atoms with van der Waals surface area (Å²) < 4.78 is 0. The molecule has 0 spiro atoms. The molecule has 0 fully saturated rings. The Bertz CT molecular complexity index is 6.85. The van der Waals surface area contributed by atoms with Gasteiger partial charge >= 0.3 is 51.7 Å². The van der Waals surface area contributed by atoms with Crippen LogP contribution in [-0.4, -0.2) is 25.8 Å².